The summed E-state index contributed by atoms with van der Waals surface area (Å²) in [5.41, 5.74) is 10.4. The minimum atomic E-state index is 0.140. The number of aromatic nitrogens is 3. The first-order valence-corrected chi connectivity index (χ1v) is 8.77. The lowest BCUT2D eigenvalue weighted by molar-refractivity contribution is -0.130. The second-order valence-corrected chi connectivity index (χ2v) is 6.59. The number of imidazole rings is 1. The van der Waals surface area contributed by atoms with Gasteiger partial charge in [0.05, 0.1) is 11.4 Å². The van der Waals surface area contributed by atoms with Gasteiger partial charge >= 0.3 is 0 Å². The number of fused-ring (bicyclic) bond motifs is 1. The lowest BCUT2D eigenvalue weighted by Gasteiger charge is -2.34. The van der Waals surface area contributed by atoms with Gasteiger partial charge in [-0.3, -0.25) is 19.1 Å². The van der Waals surface area contributed by atoms with Gasteiger partial charge in [-0.2, -0.15) is 0 Å². The van der Waals surface area contributed by atoms with Crippen LogP contribution in [-0.4, -0.2) is 56.3 Å². The predicted molar refractivity (Wildman–Crippen MR) is 100 cm³/mol. The molecule has 134 valence electrons. The molecule has 0 bridgehead atoms. The molecule has 0 atom stereocenters. The van der Waals surface area contributed by atoms with E-state index in [9.17, 15) is 4.79 Å². The van der Waals surface area contributed by atoms with E-state index in [1.165, 1.54) is 0 Å². The second-order valence-electron chi connectivity index (χ2n) is 6.59. The van der Waals surface area contributed by atoms with E-state index in [4.69, 9.17) is 10.7 Å². The first-order valence-electron chi connectivity index (χ1n) is 8.77. The highest BCUT2D eigenvalue weighted by Crippen LogP contribution is 2.25. The maximum atomic E-state index is 11.5. The van der Waals surface area contributed by atoms with Gasteiger partial charge in [-0.15, -0.1) is 0 Å². The fraction of sp³-hybridized carbons (Fsp3) is 0.316. The monoisotopic (exact) mass is 350 g/mol. The molecule has 0 aliphatic carbocycles. The molecule has 1 amide bonds. The minimum absolute atomic E-state index is 0.140. The van der Waals surface area contributed by atoms with E-state index in [0.29, 0.717) is 5.69 Å². The predicted octanol–water partition coefficient (Wildman–Crippen LogP) is 1.64. The van der Waals surface area contributed by atoms with E-state index >= 15 is 0 Å². The maximum Gasteiger partial charge on any atom is 0.219 e. The van der Waals surface area contributed by atoms with Crippen LogP contribution in [0.25, 0.3) is 17.0 Å². The molecule has 0 aromatic carbocycles. The Kier molecular flexibility index (Phi) is 4.30. The smallest absolute Gasteiger partial charge is 0.219 e. The third kappa shape index (κ3) is 3.13. The van der Waals surface area contributed by atoms with Gasteiger partial charge in [0.1, 0.15) is 11.3 Å². The summed E-state index contributed by atoms with van der Waals surface area (Å²) in [7, 11) is 0. The molecule has 4 heterocycles. The highest BCUT2D eigenvalue weighted by atomic mass is 16.2. The second kappa shape index (κ2) is 6.76. The van der Waals surface area contributed by atoms with Crippen LogP contribution in [0.4, 0.5) is 5.69 Å². The molecule has 7 heteroatoms. The van der Waals surface area contributed by atoms with Gasteiger partial charge in [0, 0.05) is 57.7 Å². The summed E-state index contributed by atoms with van der Waals surface area (Å²) in [6, 6.07) is 9.63. The van der Waals surface area contributed by atoms with Crippen molar-refractivity contribution in [2.24, 2.45) is 0 Å². The summed E-state index contributed by atoms with van der Waals surface area (Å²) >= 11 is 0. The van der Waals surface area contributed by atoms with Crippen LogP contribution in [0.3, 0.4) is 0 Å². The SMILES string of the molecule is CC(=O)N1CCN(Cc2c(-c3ccccn3)nc3ccc(N)cn23)CC1. The number of pyridine rings is 2. The van der Waals surface area contributed by atoms with Crippen molar-refractivity contribution in [2.75, 3.05) is 31.9 Å². The quantitative estimate of drug-likeness (QED) is 0.777. The molecule has 26 heavy (non-hydrogen) atoms. The minimum Gasteiger partial charge on any atom is -0.398 e. The van der Waals surface area contributed by atoms with Crippen molar-refractivity contribution in [1.82, 2.24) is 24.2 Å². The number of rotatable bonds is 3. The molecular formula is C19H22N6O. The van der Waals surface area contributed by atoms with Gasteiger partial charge in [-0.05, 0) is 24.3 Å². The summed E-state index contributed by atoms with van der Waals surface area (Å²) in [6.07, 6.45) is 3.69. The summed E-state index contributed by atoms with van der Waals surface area (Å²) in [5.74, 6) is 0.140. The van der Waals surface area contributed by atoms with Crippen LogP contribution in [0, 0.1) is 0 Å². The molecule has 0 radical (unpaired) electrons. The van der Waals surface area contributed by atoms with E-state index in [2.05, 4.69) is 14.3 Å². The number of hydrogen-bond donors (Lipinski definition) is 1. The zero-order valence-electron chi connectivity index (χ0n) is 14.8. The number of carbonyl (C=O) groups is 1. The van der Waals surface area contributed by atoms with Crippen LogP contribution in [0.2, 0.25) is 0 Å². The van der Waals surface area contributed by atoms with Crippen molar-refractivity contribution in [2.45, 2.75) is 13.5 Å². The summed E-state index contributed by atoms with van der Waals surface area (Å²) in [4.78, 5) is 25.0. The average molecular weight is 350 g/mol. The lowest BCUT2D eigenvalue weighted by atomic mass is 10.2. The number of carbonyl (C=O) groups excluding carboxylic acids is 1. The van der Waals surface area contributed by atoms with E-state index in [1.807, 2.05) is 41.4 Å². The molecule has 0 spiro atoms. The van der Waals surface area contributed by atoms with E-state index in [-0.39, 0.29) is 5.91 Å². The topological polar surface area (TPSA) is 79.8 Å². The number of piperazine rings is 1. The number of hydrogen-bond acceptors (Lipinski definition) is 5. The van der Waals surface area contributed by atoms with Gasteiger partial charge in [-0.25, -0.2) is 4.98 Å². The molecule has 3 aromatic heterocycles. The Morgan fingerprint density at radius 3 is 2.65 bits per heavy atom. The van der Waals surface area contributed by atoms with Crippen LogP contribution in [0.5, 0.6) is 0 Å². The van der Waals surface area contributed by atoms with Crippen LogP contribution in [0.15, 0.2) is 42.7 Å². The Morgan fingerprint density at radius 1 is 1.15 bits per heavy atom. The Balaban J connectivity index is 1.69. The zero-order chi connectivity index (χ0) is 18.1. The molecule has 2 N–H and O–H groups in total. The normalized spacial score (nSPS) is 15.5. The van der Waals surface area contributed by atoms with E-state index in [0.717, 1.165) is 55.5 Å². The Labute approximate surface area is 152 Å². The number of anilines is 1. The van der Waals surface area contributed by atoms with E-state index in [1.54, 1.807) is 13.1 Å². The number of nitrogens with zero attached hydrogens (tertiary/aromatic N) is 5. The number of amides is 1. The first-order chi connectivity index (χ1) is 12.6. The number of nitrogens with two attached hydrogens (primary N) is 1. The Morgan fingerprint density at radius 2 is 1.96 bits per heavy atom. The molecule has 0 saturated carbocycles. The highest BCUT2D eigenvalue weighted by Gasteiger charge is 2.22. The van der Waals surface area contributed by atoms with Crippen molar-refractivity contribution in [3.63, 3.8) is 0 Å². The summed E-state index contributed by atoms with van der Waals surface area (Å²) in [6.45, 7) is 5.57. The van der Waals surface area contributed by atoms with Crippen LogP contribution >= 0.6 is 0 Å². The van der Waals surface area contributed by atoms with Crippen molar-refractivity contribution in [1.29, 1.82) is 0 Å². The lowest BCUT2D eigenvalue weighted by Crippen LogP contribution is -2.47. The molecule has 0 unspecified atom stereocenters. The molecule has 1 aliphatic heterocycles. The van der Waals surface area contributed by atoms with Crippen molar-refractivity contribution in [3.05, 3.63) is 48.4 Å². The Hall–Kier alpha value is -2.93. The molecule has 7 nitrogen and oxygen atoms in total. The van der Waals surface area contributed by atoms with Crippen LogP contribution in [0.1, 0.15) is 12.6 Å². The molecule has 1 fully saturated rings. The average Bonchev–Trinajstić information content (AvgIpc) is 3.01. The Bertz CT molecular complexity index is 928. The highest BCUT2D eigenvalue weighted by molar-refractivity contribution is 5.73. The van der Waals surface area contributed by atoms with Crippen LogP contribution < -0.4 is 5.73 Å². The van der Waals surface area contributed by atoms with Gasteiger partial charge in [0.25, 0.3) is 0 Å². The summed E-state index contributed by atoms with van der Waals surface area (Å²) in [5, 5.41) is 0. The van der Waals surface area contributed by atoms with Crippen molar-refractivity contribution >= 4 is 17.2 Å². The third-order valence-corrected chi connectivity index (χ3v) is 4.84. The van der Waals surface area contributed by atoms with Crippen LogP contribution in [-0.2, 0) is 11.3 Å². The molecular weight excluding hydrogens is 328 g/mol. The largest absolute Gasteiger partial charge is 0.398 e. The molecule has 3 aromatic rings. The standard InChI is InChI=1S/C19H22N6O/c1-14(26)24-10-8-23(9-11-24)13-17-19(16-4-2-3-7-21-16)22-18-6-5-15(20)12-25(17)18/h2-7,12H,8-11,13,20H2,1H3. The fourth-order valence-corrected chi connectivity index (χ4v) is 3.40. The van der Waals surface area contributed by atoms with Gasteiger partial charge in [-0.1, -0.05) is 6.07 Å². The van der Waals surface area contributed by atoms with E-state index < -0.39 is 0 Å². The number of nitrogen functional groups attached to an aromatic ring is 1. The molecule has 1 aliphatic rings. The first kappa shape index (κ1) is 16.5. The van der Waals surface area contributed by atoms with Gasteiger partial charge < -0.3 is 10.6 Å². The molecule has 4 rings (SSSR count). The van der Waals surface area contributed by atoms with Gasteiger partial charge in [0.2, 0.25) is 5.91 Å². The van der Waals surface area contributed by atoms with Crippen molar-refractivity contribution in [3.8, 4) is 11.4 Å². The maximum absolute atomic E-state index is 11.5. The molecule has 1 saturated heterocycles. The fourth-order valence-electron chi connectivity index (χ4n) is 3.40. The van der Waals surface area contributed by atoms with Crippen molar-refractivity contribution < 1.29 is 4.79 Å². The van der Waals surface area contributed by atoms with Gasteiger partial charge in [0.15, 0.2) is 0 Å². The third-order valence-electron chi connectivity index (χ3n) is 4.84. The zero-order valence-corrected chi connectivity index (χ0v) is 14.8. The summed E-state index contributed by atoms with van der Waals surface area (Å²) < 4.78 is 2.05.